The van der Waals surface area contributed by atoms with Gasteiger partial charge in [0.1, 0.15) is 11.2 Å². The SMILES string of the molecule is CC1(c2ccc(N(c3ccc(-c4ccccc4)cc3)c3cccc4c3sc3ccccc34)c3c2oc2ccccc23)c2ccccc2-c2ccccc21. The van der Waals surface area contributed by atoms with Crippen LogP contribution in [0.1, 0.15) is 23.6 Å². The molecule has 2 aromatic heterocycles. The topological polar surface area (TPSA) is 16.4 Å². The third kappa shape index (κ3) is 4.38. The van der Waals surface area contributed by atoms with Gasteiger partial charge in [-0.25, -0.2) is 0 Å². The van der Waals surface area contributed by atoms with Gasteiger partial charge in [-0.05, 0) is 76.7 Å². The molecule has 0 saturated carbocycles. The Morgan fingerprint density at radius 3 is 1.87 bits per heavy atom. The van der Waals surface area contributed by atoms with Crippen LogP contribution in [0, 0.1) is 0 Å². The molecule has 0 amide bonds. The Morgan fingerprint density at radius 1 is 0.472 bits per heavy atom. The molecule has 0 atom stereocenters. The minimum absolute atomic E-state index is 0.411. The highest BCUT2D eigenvalue weighted by atomic mass is 32.1. The average Bonchev–Trinajstić information content (AvgIpc) is 3.88. The first-order valence-corrected chi connectivity index (χ1v) is 19.0. The molecule has 0 unspecified atom stereocenters. The molecule has 1 aliphatic rings. The molecule has 8 aromatic carbocycles. The Labute approximate surface area is 311 Å². The van der Waals surface area contributed by atoms with Crippen LogP contribution in [-0.4, -0.2) is 0 Å². The first-order valence-electron chi connectivity index (χ1n) is 18.2. The van der Waals surface area contributed by atoms with E-state index in [-0.39, 0.29) is 0 Å². The van der Waals surface area contributed by atoms with Crippen molar-refractivity contribution in [2.45, 2.75) is 12.3 Å². The molecule has 250 valence electrons. The van der Waals surface area contributed by atoms with Crippen LogP contribution < -0.4 is 4.90 Å². The van der Waals surface area contributed by atoms with E-state index < -0.39 is 5.41 Å². The number of hydrogen-bond donors (Lipinski definition) is 0. The van der Waals surface area contributed by atoms with Crippen molar-refractivity contribution in [3.63, 3.8) is 0 Å². The molecule has 0 spiro atoms. The Bertz CT molecular complexity index is 2980. The van der Waals surface area contributed by atoms with Crippen molar-refractivity contribution in [2.75, 3.05) is 4.90 Å². The summed E-state index contributed by atoms with van der Waals surface area (Å²) in [5, 5.41) is 4.78. The number of anilines is 3. The van der Waals surface area contributed by atoms with Gasteiger partial charge >= 0.3 is 0 Å². The molecule has 0 fully saturated rings. The van der Waals surface area contributed by atoms with Gasteiger partial charge in [-0.1, -0.05) is 146 Å². The predicted molar refractivity (Wildman–Crippen MR) is 224 cm³/mol. The van der Waals surface area contributed by atoms with Crippen molar-refractivity contribution in [1.29, 1.82) is 0 Å². The zero-order chi connectivity index (χ0) is 35.1. The summed E-state index contributed by atoms with van der Waals surface area (Å²) in [6.45, 7) is 2.37. The largest absolute Gasteiger partial charge is 0.456 e. The third-order valence-electron chi connectivity index (χ3n) is 11.4. The Hall–Kier alpha value is -6.42. The molecule has 0 bridgehead atoms. The predicted octanol–water partition coefficient (Wildman–Crippen LogP) is 14.4. The van der Waals surface area contributed by atoms with Gasteiger partial charge in [0.15, 0.2) is 0 Å². The highest BCUT2D eigenvalue weighted by molar-refractivity contribution is 7.26. The highest BCUT2D eigenvalue weighted by Crippen LogP contribution is 2.56. The second kappa shape index (κ2) is 11.5. The molecular weight excluding hydrogens is 663 g/mol. The first kappa shape index (κ1) is 30.2. The van der Waals surface area contributed by atoms with Crippen LogP contribution in [0.4, 0.5) is 17.1 Å². The second-order valence-electron chi connectivity index (χ2n) is 14.2. The van der Waals surface area contributed by atoms with Gasteiger partial charge in [0, 0.05) is 37.5 Å². The first-order chi connectivity index (χ1) is 26.2. The molecule has 0 saturated heterocycles. The zero-order valence-electron chi connectivity index (χ0n) is 29.1. The monoisotopic (exact) mass is 695 g/mol. The van der Waals surface area contributed by atoms with Crippen LogP contribution in [0.5, 0.6) is 0 Å². The van der Waals surface area contributed by atoms with E-state index in [0.29, 0.717) is 0 Å². The van der Waals surface area contributed by atoms with Crippen molar-refractivity contribution < 1.29 is 4.42 Å². The Morgan fingerprint density at radius 2 is 1.09 bits per heavy atom. The number of fused-ring (bicyclic) bond motifs is 9. The van der Waals surface area contributed by atoms with Gasteiger partial charge in [-0.15, -0.1) is 11.3 Å². The van der Waals surface area contributed by atoms with E-state index in [1.54, 1.807) is 0 Å². The van der Waals surface area contributed by atoms with E-state index >= 15 is 0 Å². The maximum absolute atomic E-state index is 7.04. The van der Waals surface area contributed by atoms with E-state index in [1.165, 1.54) is 59.1 Å². The maximum atomic E-state index is 7.04. The molecule has 3 heteroatoms. The van der Waals surface area contributed by atoms with Crippen LogP contribution in [0.3, 0.4) is 0 Å². The summed E-state index contributed by atoms with van der Waals surface area (Å²) in [4.78, 5) is 2.46. The Kier molecular flexibility index (Phi) is 6.58. The number of furan rings is 1. The number of benzene rings is 8. The van der Waals surface area contributed by atoms with E-state index in [2.05, 4.69) is 194 Å². The molecule has 1 aliphatic carbocycles. The van der Waals surface area contributed by atoms with Crippen LogP contribution >= 0.6 is 11.3 Å². The summed E-state index contributed by atoms with van der Waals surface area (Å²) in [6, 6.07) is 66.0. The lowest BCUT2D eigenvalue weighted by Crippen LogP contribution is -2.23. The van der Waals surface area contributed by atoms with Gasteiger partial charge in [-0.3, -0.25) is 0 Å². The second-order valence-corrected chi connectivity index (χ2v) is 15.2. The number of nitrogens with zero attached hydrogens (tertiary/aromatic N) is 1. The number of hydrogen-bond acceptors (Lipinski definition) is 3. The quantitative estimate of drug-likeness (QED) is 0.178. The fourth-order valence-electron chi connectivity index (χ4n) is 8.88. The van der Waals surface area contributed by atoms with Crippen molar-refractivity contribution in [2.24, 2.45) is 0 Å². The highest BCUT2D eigenvalue weighted by Gasteiger charge is 2.43. The summed E-state index contributed by atoms with van der Waals surface area (Å²) < 4.78 is 9.59. The minimum atomic E-state index is -0.411. The lowest BCUT2D eigenvalue weighted by atomic mass is 9.73. The third-order valence-corrected chi connectivity index (χ3v) is 12.6. The lowest BCUT2D eigenvalue weighted by molar-refractivity contribution is 0.638. The summed E-state index contributed by atoms with van der Waals surface area (Å²) >= 11 is 1.86. The lowest BCUT2D eigenvalue weighted by Gasteiger charge is -2.31. The molecule has 0 radical (unpaired) electrons. The molecule has 2 heterocycles. The van der Waals surface area contributed by atoms with Crippen molar-refractivity contribution >= 4 is 70.5 Å². The van der Waals surface area contributed by atoms with Crippen LogP contribution in [0.15, 0.2) is 186 Å². The van der Waals surface area contributed by atoms with Crippen molar-refractivity contribution in [3.8, 4) is 22.3 Å². The van der Waals surface area contributed by atoms with Gasteiger partial charge < -0.3 is 9.32 Å². The van der Waals surface area contributed by atoms with Gasteiger partial charge in [-0.2, -0.15) is 0 Å². The molecule has 0 N–H and O–H groups in total. The van der Waals surface area contributed by atoms with Gasteiger partial charge in [0.2, 0.25) is 0 Å². The van der Waals surface area contributed by atoms with Crippen molar-refractivity contribution in [1.82, 2.24) is 0 Å². The molecule has 10 aromatic rings. The molecular formula is C50H33NOS. The van der Waals surface area contributed by atoms with E-state index in [9.17, 15) is 0 Å². The van der Waals surface area contributed by atoms with Crippen LogP contribution in [-0.2, 0) is 5.41 Å². The summed E-state index contributed by atoms with van der Waals surface area (Å²) in [5.41, 5.74) is 13.5. The zero-order valence-corrected chi connectivity index (χ0v) is 29.9. The molecule has 2 nitrogen and oxygen atoms in total. The summed E-state index contributed by atoms with van der Waals surface area (Å²) in [5.74, 6) is 0. The number of thiophene rings is 1. The fraction of sp³-hybridized carbons (Fsp3) is 0.0400. The van der Waals surface area contributed by atoms with Crippen LogP contribution in [0.25, 0.3) is 64.4 Å². The maximum Gasteiger partial charge on any atom is 0.141 e. The van der Waals surface area contributed by atoms with E-state index in [0.717, 1.165) is 39.0 Å². The molecule has 53 heavy (non-hydrogen) atoms. The average molecular weight is 696 g/mol. The summed E-state index contributed by atoms with van der Waals surface area (Å²) in [7, 11) is 0. The minimum Gasteiger partial charge on any atom is -0.456 e. The molecule has 11 rings (SSSR count). The fourth-order valence-corrected chi connectivity index (χ4v) is 10.1. The van der Waals surface area contributed by atoms with Gasteiger partial charge in [0.25, 0.3) is 0 Å². The standard InChI is InChI=1S/C50H33NOS/c1-50(40-21-9-5-16-35(40)36-17-6-10-22-41(36)50)42-30-31-43(47-39-19-7-11-24-45(39)52-48(42)47)51(34-28-26-33(27-29-34)32-14-3-2-4-15-32)44-23-13-20-38-37-18-8-12-25-46(37)53-49(38)44/h2-31H,1H3. The van der Waals surface area contributed by atoms with Crippen molar-refractivity contribution in [3.05, 3.63) is 199 Å². The number of para-hydroxylation sites is 1. The molecule has 0 aliphatic heterocycles. The summed E-state index contributed by atoms with van der Waals surface area (Å²) in [6.07, 6.45) is 0. The Balaban J connectivity index is 1.22. The van der Waals surface area contributed by atoms with Gasteiger partial charge in [0.05, 0.1) is 21.5 Å². The van der Waals surface area contributed by atoms with E-state index in [4.69, 9.17) is 4.42 Å². The van der Waals surface area contributed by atoms with E-state index in [1.807, 2.05) is 11.3 Å². The normalized spacial score (nSPS) is 13.2. The van der Waals surface area contributed by atoms with Crippen LogP contribution in [0.2, 0.25) is 0 Å². The number of rotatable bonds is 5. The smallest absolute Gasteiger partial charge is 0.141 e.